The number of alkyl halides is 5. The van der Waals surface area contributed by atoms with E-state index in [1.54, 1.807) is 5.32 Å². The summed E-state index contributed by atoms with van der Waals surface area (Å²) in [6, 6.07) is 4.41. The number of carbonyl (C=O) groups excluding carboxylic acids is 2. The molecule has 0 aliphatic carbocycles. The first kappa shape index (κ1) is 31.3. The molecule has 0 aliphatic rings. The smallest absolute Gasteiger partial charge is 0.345 e. The van der Waals surface area contributed by atoms with Crippen LogP contribution in [0, 0.1) is 0 Å². The Balaban J connectivity index is 2.27. The Morgan fingerprint density at radius 2 is 1.62 bits per heavy atom. The summed E-state index contributed by atoms with van der Waals surface area (Å²) in [5.74, 6) is -8.18. The molecule has 14 heteroatoms. The first-order valence-corrected chi connectivity index (χ1v) is 12.2. The summed E-state index contributed by atoms with van der Waals surface area (Å²) < 4.78 is 80.6. The van der Waals surface area contributed by atoms with Crippen molar-refractivity contribution in [3.8, 4) is 0 Å². The minimum Gasteiger partial charge on any atom is -0.345 e. The van der Waals surface area contributed by atoms with Crippen LogP contribution in [0.3, 0.4) is 0 Å². The van der Waals surface area contributed by atoms with Crippen molar-refractivity contribution in [3.05, 3.63) is 72.6 Å². The van der Waals surface area contributed by atoms with Crippen molar-refractivity contribution in [1.29, 1.82) is 0 Å². The third kappa shape index (κ3) is 8.80. The summed E-state index contributed by atoms with van der Waals surface area (Å²) in [7, 11) is 0. The number of nitrogens with one attached hydrogen (secondary N) is 2. The van der Waals surface area contributed by atoms with Crippen LogP contribution in [-0.4, -0.2) is 36.5 Å². The lowest BCUT2D eigenvalue weighted by Gasteiger charge is -2.22. The van der Waals surface area contributed by atoms with Gasteiger partial charge in [0, 0.05) is 17.0 Å². The first-order valence-electron chi connectivity index (χ1n) is 10.3. The topological polar surface area (TPSA) is 58.2 Å². The fraction of sp³-hybridized carbons (Fsp3) is 0.304. The van der Waals surface area contributed by atoms with Crippen LogP contribution >= 0.6 is 50.7 Å². The van der Waals surface area contributed by atoms with Crippen LogP contribution in [0.4, 0.5) is 26.3 Å². The van der Waals surface area contributed by atoms with Crippen LogP contribution in [0.15, 0.2) is 40.9 Å². The van der Waals surface area contributed by atoms with Gasteiger partial charge in [-0.1, -0.05) is 40.9 Å². The van der Waals surface area contributed by atoms with E-state index in [0.717, 1.165) is 30.3 Å². The first-order chi connectivity index (χ1) is 16.9. The molecule has 0 saturated heterocycles. The standard InChI is InChI=1S/C23H18BrCl3F6N2O2/c1-10(20(36)34-9-23(31,32)33)35-21(37)13-4-3-11(5-15(13)24)18(28)8-14(22(2,29)30)12-6-16(25)19(27)17(26)7-12/h3-8,10,14H,9H2,1-2H3,(H,34,36)(H,35,37)/b18-8-. The van der Waals surface area contributed by atoms with Gasteiger partial charge in [0.2, 0.25) is 5.91 Å². The average Bonchev–Trinajstić information content (AvgIpc) is 2.77. The maximum atomic E-state index is 15.1. The van der Waals surface area contributed by atoms with Gasteiger partial charge < -0.3 is 10.6 Å². The molecule has 4 nitrogen and oxygen atoms in total. The number of hydrogen-bond acceptors (Lipinski definition) is 2. The molecule has 0 saturated carbocycles. The fourth-order valence-electron chi connectivity index (χ4n) is 3.06. The quantitative estimate of drug-likeness (QED) is 0.224. The van der Waals surface area contributed by atoms with Crippen LogP contribution in [-0.2, 0) is 4.79 Å². The van der Waals surface area contributed by atoms with Gasteiger partial charge in [-0.3, -0.25) is 9.59 Å². The lowest BCUT2D eigenvalue weighted by atomic mass is 9.92. The van der Waals surface area contributed by atoms with Crippen molar-refractivity contribution in [2.75, 3.05) is 6.54 Å². The molecule has 37 heavy (non-hydrogen) atoms. The maximum absolute atomic E-state index is 15.1. The number of carbonyl (C=O) groups is 2. The summed E-state index contributed by atoms with van der Waals surface area (Å²) >= 11 is 20.8. The molecule has 0 fully saturated rings. The Morgan fingerprint density at radius 3 is 2.11 bits per heavy atom. The highest BCUT2D eigenvalue weighted by Gasteiger charge is 2.35. The fourth-order valence-corrected chi connectivity index (χ4v) is 4.23. The summed E-state index contributed by atoms with van der Waals surface area (Å²) in [6.45, 7) is 0.199. The van der Waals surface area contributed by atoms with E-state index in [-0.39, 0.29) is 36.2 Å². The second kappa shape index (κ2) is 12.3. The van der Waals surface area contributed by atoms with Crippen molar-refractivity contribution in [3.63, 3.8) is 0 Å². The monoisotopic (exact) mass is 652 g/mol. The number of rotatable bonds is 8. The van der Waals surface area contributed by atoms with Crippen LogP contribution in [0.25, 0.3) is 5.83 Å². The van der Waals surface area contributed by atoms with Gasteiger partial charge in [-0.25, -0.2) is 13.2 Å². The molecule has 0 aromatic heterocycles. The average molecular weight is 655 g/mol. The summed E-state index contributed by atoms with van der Waals surface area (Å²) in [5, 5.41) is 3.63. The minimum absolute atomic E-state index is 0.0336. The van der Waals surface area contributed by atoms with Crippen molar-refractivity contribution in [2.45, 2.75) is 37.9 Å². The van der Waals surface area contributed by atoms with Crippen LogP contribution in [0.5, 0.6) is 0 Å². The number of hydrogen-bond donors (Lipinski definition) is 2. The zero-order chi connectivity index (χ0) is 28.3. The minimum atomic E-state index is -4.62. The van der Waals surface area contributed by atoms with Crippen LogP contribution in [0.2, 0.25) is 15.1 Å². The molecular weight excluding hydrogens is 637 g/mol. The van der Waals surface area contributed by atoms with Crippen molar-refractivity contribution < 1.29 is 35.9 Å². The molecule has 2 rings (SSSR count). The zero-order valence-corrected chi connectivity index (χ0v) is 22.8. The molecule has 0 bridgehead atoms. The Morgan fingerprint density at radius 1 is 1.05 bits per heavy atom. The Bertz CT molecular complexity index is 1190. The summed E-state index contributed by atoms with van der Waals surface area (Å²) in [6.07, 6.45) is -3.95. The van der Waals surface area contributed by atoms with E-state index >= 15 is 4.39 Å². The summed E-state index contributed by atoms with van der Waals surface area (Å²) in [5.41, 5.74) is -0.338. The number of amides is 2. The van der Waals surface area contributed by atoms with Gasteiger partial charge in [0.15, 0.2) is 0 Å². The molecule has 2 unspecified atom stereocenters. The predicted molar refractivity (Wildman–Crippen MR) is 134 cm³/mol. The van der Waals surface area contributed by atoms with Gasteiger partial charge in [0.1, 0.15) is 18.4 Å². The van der Waals surface area contributed by atoms with Gasteiger partial charge in [-0.05, 0) is 58.8 Å². The molecule has 2 atom stereocenters. The number of halogens is 10. The second-order valence-corrected chi connectivity index (χ2v) is 10.0. The molecule has 2 aromatic rings. The number of allylic oxidation sites excluding steroid dienone is 1. The van der Waals surface area contributed by atoms with Crippen molar-refractivity contribution in [2.24, 2.45) is 0 Å². The molecule has 2 amide bonds. The Labute approximate surface area is 231 Å². The predicted octanol–water partition coefficient (Wildman–Crippen LogP) is 7.96. The van der Waals surface area contributed by atoms with E-state index in [2.05, 4.69) is 21.2 Å². The lowest BCUT2D eigenvalue weighted by Crippen LogP contribution is -2.47. The van der Waals surface area contributed by atoms with E-state index in [1.807, 2.05) is 0 Å². The van der Waals surface area contributed by atoms with E-state index < -0.39 is 48.2 Å². The Kier molecular flexibility index (Phi) is 10.4. The van der Waals surface area contributed by atoms with Gasteiger partial charge in [0.05, 0.1) is 26.5 Å². The van der Waals surface area contributed by atoms with E-state index in [4.69, 9.17) is 34.8 Å². The second-order valence-electron chi connectivity index (χ2n) is 7.97. The third-order valence-corrected chi connectivity index (χ3v) is 6.77. The molecule has 0 radical (unpaired) electrons. The van der Waals surface area contributed by atoms with Crippen molar-refractivity contribution in [1.82, 2.24) is 10.6 Å². The largest absolute Gasteiger partial charge is 0.405 e. The van der Waals surface area contributed by atoms with Crippen molar-refractivity contribution >= 4 is 68.4 Å². The normalized spacial score (nSPS) is 14.2. The molecular formula is C23H18BrCl3F6N2O2. The molecule has 0 spiro atoms. The summed E-state index contributed by atoms with van der Waals surface area (Å²) in [4.78, 5) is 24.2. The highest BCUT2D eigenvalue weighted by Crippen LogP contribution is 2.41. The van der Waals surface area contributed by atoms with Crippen LogP contribution < -0.4 is 10.6 Å². The zero-order valence-electron chi connectivity index (χ0n) is 18.9. The molecule has 2 aromatic carbocycles. The van der Waals surface area contributed by atoms with Gasteiger partial charge >= 0.3 is 6.18 Å². The van der Waals surface area contributed by atoms with Gasteiger partial charge in [0.25, 0.3) is 11.8 Å². The van der Waals surface area contributed by atoms with E-state index in [0.29, 0.717) is 13.0 Å². The molecule has 202 valence electrons. The molecule has 0 aliphatic heterocycles. The Hall–Kier alpha value is -1.95. The maximum Gasteiger partial charge on any atom is 0.405 e. The SMILES string of the molecule is CC(NC(=O)c1ccc(/C(F)=C/C(c2cc(Cl)c(Cl)c(Cl)c2)C(C)(F)F)cc1Br)C(=O)NCC(F)(F)F. The van der Waals surface area contributed by atoms with E-state index in [1.165, 1.54) is 6.92 Å². The van der Waals surface area contributed by atoms with Gasteiger partial charge in [-0.15, -0.1) is 0 Å². The van der Waals surface area contributed by atoms with Gasteiger partial charge in [-0.2, -0.15) is 13.2 Å². The highest BCUT2D eigenvalue weighted by molar-refractivity contribution is 9.10. The molecule has 0 heterocycles. The highest BCUT2D eigenvalue weighted by atomic mass is 79.9. The molecule has 2 N–H and O–H groups in total. The number of benzene rings is 2. The van der Waals surface area contributed by atoms with E-state index in [9.17, 15) is 31.5 Å². The lowest BCUT2D eigenvalue weighted by molar-refractivity contribution is -0.139. The third-order valence-electron chi connectivity index (χ3n) is 4.92. The van der Waals surface area contributed by atoms with Crippen LogP contribution in [0.1, 0.15) is 41.3 Å².